The molecule has 1 saturated carbocycles. The summed E-state index contributed by atoms with van der Waals surface area (Å²) in [7, 11) is 1.61. The lowest BCUT2D eigenvalue weighted by molar-refractivity contribution is 0.504. The van der Waals surface area contributed by atoms with E-state index in [-0.39, 0.29) is 0 Å². The molecule has 0 aromatic heterocycles. The minimum atomic E-state index is 1.50. The highest BCUT2D eigenvalue weighted by Crippen LogP contribution is 2.15. The quantitative estimate of drug-likeness (QED) is 0.433. The largest absolute Gasteiger partial charge is 0.124 e. The molecule has 0 spiro atoms. The van der Waals surface area contributed by atoms with E-state index in [1.165, 1.54) is 38.5 Å². The van der Waals surface area contributed by atoms with Gasteiger partial charge in [-0.15, -0.1) is 6.17 Å². The first-order valence-corrected chi connectivity index (χ1v) is 4.50. The average Bonchev–Trinajstić information content (AvgIpc) is 1.96. The van der Waals surface area contributed by atoms with Crippen molar-refractivity contribution in [3.8, 4) is 0 Å². The number of rotatable bonds is 0. The van der Waals surface area contributed by atoms with Gasteiger partial charge in [-0.05, 0) is 9.85 Å². The van der Waals surface area contributed by atoms with Crippen LogP contribution in [-0.2, 0) is 0 Å². The molecule has 1 fully saturated rings. The van der Waals surface area contributed by atoms with Gasteiger partial charge in [-0.1, -0.05) is 38.5 Å². The standard InChI is InChI=1S/C6H12.CH4Si/c1-2-4-6-5-3-1;1-2/h1-6H2;1-2H2. The van der Waals surface area contributed by atoms with E-state index in [0.29, 0.717) is 0 Å². The van der Waals surface area contributed by atoms with Gasteiger partial charge in [0.1, 0.15) is 0 Å². The maximum Gasteiger partial charge on any atom is -0.0328 e. The molecular weight excluding hydrogens is 112 g/mol. The lowest BCUT2D eigenvalue weighted by atomic mass is 10.0. The Bertz CT molecular complexity index is 28.1. The van der Waals surface area contributed by atoms with Gasteiger partial charge >= 0.3 is 0 Å². The van der Waals surface area contributed by atoms with Crippen LogP contribution in [0.25, 0.3) is 0 Å². The van der Waals surface area contributed by atoms with Crippen molar-refractivity contribution in [1.29, 1.82) is 0 Å². The summed E-state index contributed by atoms with van der Waals surface area (Å²) < 4.78 is 0. The van der Waals surface area contributed by atoms with E-state index in [2.05, 4.69) is 6.17 Å². The minimum absolute atomic E-state index is 1.50. The molecule has 8 heavy (non-hydrogen) atoms. The van der Waals surface area contributed by atoms with Crippen molar-refractivity contribution in [2.45, 2.75) is 38.5 Å². The van der Waals surface area contributed by atoms with Crippen molar-refractivity contribution >= 4 is 16.0 Å². The van der Waals surface area contributed by atoms with E-state index in [1.54, 1.807) is 9.85 Å². The fourth-order valence-electron chi connectivity index (χ4n) is 1.06. The van der Waals surface area contributed by atoms with E-state index in [0.717, 1.165) is 0 Å². The highest BCUT2D eigenvalue weighted by molar-refractivity contribution is 6.18. The first kappa shape index (κ1) is 8.09. The van der Waals surface area contributed by atoms with Crippen molar-refractivity contribution in [2.75, 3.05) is 0 Å². The lowest BCUT2D eigenvalue weighted by Crippen LogP contribution is -1.85. The van der Waals surface area contributed by atoms with Crippen LogP contribution in [0.4, 0.5) is 0 Å². The summed E-state index contributed by atoms with van der Waals surface area (Å²) in [4.78, 5) is 0. The predicted molar refractivity (Wildman–Crippen MR) is 43.4 cm³/mol. The van der Waals surface area contributed by atoms with Gasteiger partial charge in [-0.3, -0.25) is 0 Å². The smallest absolute Gasteiger partial charge is 0.0328 e. The molecule has 0 aromatic rings. The molecule has 0 radical (unpaired) electrons. The third-order valence-corrected chi connectivity index (χ3v) is 1.50. The maximum absolute atomic E-state index is 3.28. The molecule has 1 aliphatic rings. The van der Waals surface area contributed by atoms with Gasteiger partial charge in [0.15, 0.2) is 0 Å². The average molecular weight is 128 g/mol. The van der Waals surface area contributed by atoms with Crippen LogP contribution in [0, 0.1) is 0 Å². The summed E-state index contributed by atoms with van der Waals surface area (Å²) in [6, 6.07) is 0. The van der Waals surface area contributed by atoms with Gasteiger partial charge in [-0.2, -0.15) is 0 Å². The Morgan fingerprint density at radius 1 is 0.625 bits per heavy atom. The summed E-state index contributed by atoms with van der Waals surface area (Å²) in [5.74, 6) is 0. The van der Waals surface area contributed by atoms with Crippen molar-refractivity contribution in [1.82, 2.24) is 0 Å². The van der Waals surface area contributed by atoms with Crippen LogP contribution in [0.5, 0.6) is 0 Å². The van der Waals surface area contributed by atoms with Crippen LogP contribution in [-0.4, -0.2) is 16.0 Å². The van der Waals surface area contributed by atoms with Gasteiger partial charge in [-0.25, -0.2) is 0 Å². The van der Waals surface area contributed by atoms with Crippen LogP contribution < -0.4 is 0 Å². The molecule has 0 N–H and O–H groups in total. The molecule has 0 atom stereocenters. The summed E-state index contributed by atoms with van der Waals surface area (Å²) in [5.41, 5.74) is 0. The fraction of sp³-hybridized carbons (Fsp3) is 0.857. The van der Waals surface area contributed by atoms with Gasteiger partial charge in [0.2, 0.25) is 0 Å². The van der Waals surface area contributed by atoms with Gasteiger partial charge < -0.3 is 0 Å². The van der Waals surface area contributed by atoms with E-state index in [1.807, 2.05) is 0 Å². The molecule has 0 heterocycles. The van der Waals surface area contributed by atoms with Crippen molar-refractivity contribution in [3.05, 3.63) is 0 Å². The zero-order valence-electron chi connectivity index (χ0n) is 5.66. The molecule has 0 amide bonds. The molecule has 0 unspecified atom stereocenters. The highest BCUT2D eigenvalue weighted by atomic mass is 28.1. The summed E-state index contributed by atoms with van der Waals surface area (Å²) in [5, 5.41) is 0. The fourth-order valence-corrected chi connectivity index (χ4v) is 1.06. The normalized spacial score (nSPS) is 18.5. The Hall–Kier alpha value is 0.0869. The number of hydrogen-bond donors (Lipinski definition) is 0. The molecule has 1 rings (SSSR count). The molecular formula is C7H16Si. The first-order chi connectivity index (χ1) is 4.00. The molecule has 1 heteroatoms. The van der Waals surface area contributed by atoms with Crippen LogP contribution >= 0.6 is 0 Å². The van der Waals surface area contributed by atoms with Crippen LogP contribution in [0.1, 0.15) is 38.5 Å². The summed E-state index contributed by atoms with van der Waals surface area (Å²) in [6.45, 7) is 0. The van der Waals surface area contributed by atoms with Crippen LogP contribution in [0.3, 0.4) is 0 Å². The van der Waals surface area contributed by atoms with Crippen molar-refractivity contribution in [2.24, 2.45) is 0 Å². The SMILES string of the molecule is C1CCCCC1.C=[SiH2]. The molecule has 0 aliphatic heterocycles. The van der Waals surface area contributed by atoms with Gasteiger partial charge in [0, 0.05) is 0 Å². The lowest BCUT2D eigenvalue weighted by Gasteiger charge is -2.05. The van der Waals surface area contributed by atoms with E-state index in [9.17, 15) is 0 Å². The van der Waals surface area contributed by atoms with Crippen molar-refractivity contribution < 1.29 is 0 Å². The zero-order chi connectivity index (χ0) is 6.24. The second-order valence-electron chi connectivity index (χ2n) is 2.12. The Kier molecular flexibility index (Phi) is 7.16. The maximum atomic E-state index is 3.28. The third-order valence-electron chi connectivity index (χ3n) is 1.50. The first-order valence-electron chi connectivity index (χ1n) is 3.50. The minimum Gasteiger partial charge on any atom is -0.124 e. The Morgan fingerprint density at radius 2 is 0.750 bits per heavy atom. The zero-order valence-corrected chi connectivity index (χ0v) is 7.07. The highest BCUT2D eigenvalue weighted by Gasteiger charge is 1.95. The molecule has 1 aliphatic carbocycles. The summed E-state index contributed by atoms with van der Waals surface area (Å²) in [6.07, 6.45) is 12.3. The monoisotopic (exact) mass is 128 g/mol. The second-order valence-corrected chi connectivity index (χ2v) is 2.12. The Morgan fingerprint density at radius 3 is 0.875 bits per heavy atom. The van der Waals surface area contributed by atoms with E-state index < -0.39 is 0 Å². The van der Waals surface area contributed by atoms with Crippen molar-refractivity contribution in [3.63, 3.8) is 0 Å². The van der Waals surface area contributed by atoms with E-state index in [4.69, 9.17) is 0 Å². The van der Waals surface area contributed by atoms with Crippen LogP contribution in [0.15, 0.2) is 0 Å². The molecule has 0 aromatic carbocycles. The van der Waals surface area contributed by atoms with Crippen LogP contribution in [0.2, 0.25) is 0 Å². The summed E-state index contributed by atoms with van der Waals surface area (Å²) >= 11 is 0. The van der Waals surface area contributed by atoms with E-state index >= 15 is 0 Å². The topological polar surface area (TPSA) is 0 Å². The predicted octanol–water partition coefficient (Wildman–Crippen LogP) is 1.39. The molecule has 0 nitrogen and oxygen atoms in total. The molecule has 0 saturated heterocycles. The Balaban J connectivity index is 0.000000222. The van der Waals surface area contributed by atoms with Gasteiger partial charge in [0.05, 0.1) is 0 Å². The Labute approximate surface area is 55.3 Å². The van der Waals surface area contributed by atoms with Gasteiger partial charge in [0.25, 0.3) is 0 Å². The number of hydrogen-bond acceptors (Lipinski definition) is 0. The molecule has 0 bridgehead atoms. The molecule has 48 valence electrons. The second kappa shape index (κ2) is 7.09. The third kappa shape index (κ3) is 4.25.